The number of benzene rings is 2. The monoisotopic (exact) mass is 383 g/mol. The second-order valence-electron chi connectivity index (χ2n) is 7.35. The molecule has 0 saturated heterocycles. The third kappa shape index (κ3) is 7.11. The van der Waals surface area contributed by atoms with Crippen LogP contribution in [0.1, 0.15) is 42.3 Å². The molecule has 0 heterocycles. The molecule has 3 amide bonds. The van der Waals surface area contributed by atoms with E-state index in [1.807, 2.05) is 0 Å². The number of primary amides is 1. The number of alkyl carbamates (subject to hydrolysis) is 1. The average molecular weight is 383 g/mol. The first-order valence-corrected chi connectivity index (χ1v) is 8.87. The number of amides is 3. The summed E-state index contributed by atoms with van der Waals surface area (Å²) in [4.78, 5) is 34.9. The summed E-state index contributed by atoms with van der Waals surface area (Å²) in [5.74, 6) is -0.660. The summed E-state index contributed by atoms with van der Waals surface area (Å²) in [7, 11) is 0. The van der Waals surface area contributed by atoms with Gasteiger partial charge in [-0.2, -0.15) is 0 Å². The van der Waals surface area contributed by atoms with E-state index in [9.17, 15) is 14.4 Å². The van der Waals surface area contributed by atoms with Crippen molar-refractivity contribution in [2.75, 3.05) is 5.32 Å². The molecule has 0 radical (unpaired) electrons. The summed E-state index contributed by atoms with van der Waals surface area (Å²) in [6, 6.07) is 13.8. The van der Waals surface area contributed by atoms with Crippen LogP contribution in [-0.4, -0.2) is 23.5 Å². The molecule has 0 fully saturated rings. The average Bonchev–Trinajstić information content (AvgIpc) is 2.60. The van der Waals surface area contributed by atoms with Gasteiger partial charge in [0.2, 0.25) is 5.91 Å². The molecule has 148 valence electrons. The number of ether oxygens (including phenoxy) is 1. The van der Waals surface area contributed by atoms with E-state index >= 15 is 0 Å². The minimum absolute atomic E-state index is 0.160. The molecule has 0 saturated carbocycles. The summed E-state index contributed by atoms with van der Waals surface area (Å²) in [6.45, 7) is 5.69. The Bertz CT molecular complexity index is 837. The number of nitrogens with two attached hydrogens (primary N) is 1. The van der Waals surface area contributed by atoms with Gasteiger partial charge in [-0.25, -0.2) is 4.79 Å². The topological polar surface area (TPSA) is 111 Å². The number of hydrogen-bond acceptors (Lipinski definition) is 4. The van der Waals surface area contributed by atoms with Crippen LogP contribution < -0.4 is 16.4 Å². The van der Waals surface area contributed by atoms with Gasteiger partial charge in [0.25, 0.3) is 5.91 Å². The van der Waals surface area contributed by atoms with Gasteiger partial charge in [-0.1, -0.05) is 24.3 Å². The van der Waals surface area contributed by atoms with E-state index in [2.05, 4.69) is 10.6 Å². The lowest BCUT2D eigenvalue weighted by Gasteiger charge is -2.19. The zero-order chi connectivity index (χ0) is 20.7. The Hall–Kier alpha value is -3.35. The Morgan fingerprint density at radius 3 is 2.04 bits per heavy atom. The number of anilines is 1. The highest BCUT2D eigenvalue weighted by Crippen LogP contribution is 2.13. The summed E-state index contributed by atoms with van der Waals surface area (Å²) in [5, 5.41) is 5.46. The van der Waals surface area contributed by atoms with E-state index < -0.39 is 17.6 Å². The van der Waals surface area contributed by atoms with E-state index in [0.29, 0.717) is 17.8 Å². The molecule has 0 unspecified atom stereocenters. The van der Waals surface area contributed by atoms with Crippen LogP contribution >= 0.6 is 0 Å². The van der Waals surface area contributed by atoms with Crippen LogP contribution in [0.15, 0.2) is 48.5 Å². The minimum atomic E-state index is -0.552. The fraction of sp³-hybridized carbons (Fsp3) is 0.286. The smallest absolute Gasteiger partial charge is 0.407 e. The van der Waals surface area contributed by atoms with Gasteiger partial charge in [0.05, 0.1) is 6.42 Å². The summed E-state index contributed by atoms with van der Waals surface area (Å²) in [5.41, 5.74) is 7.34. The fourth-order valence-corrected chi connectivity index (χ4v) is 2.37. The first-order valence-electron chi connectivity index (χ1n) is 8.87. The fourth-order valence-electron chi connectivity index (χ4n) is 2.37. The molecule has 0 aliphatic rings. The van der Waals surface area contributed by atoms with Crippen LogP contribution in [0.4, 0.5) is 10.5 Å². The third-order valence-corrected chi connectivity index (χ3v) is 3.64. The van der Waals surface area contributed by atoms with E-state index in [1.165, 1.54) is 0 Å². The first kappa shape index (κ1) is 21.0. The van der Waals surface area contributed by atoms with Crippen molar-refractivity contribution in [2.45, 2.75) is 39.3 Å². The van der Waals surface area contributed by atoms with Gasteiger partial charge >= 0.3 is 6.09 Å². The Kier molecular flexibility index (Phi) is 6.76. The molecular weight excluding hydrogens is 358 g/mol. The van der Waals surface area contributed by atoms with Crippen molar-refractivity contribution in [3.63, 3.8) is 0 Å². The second kappa shape index (κ2) is 9.03. The molecule has 7 heteroatoms. The van der Waals surface area contributed by atoms with Gasteiger partial charge in [-0.3, -0.25) is 9.59 Å². The molecule has 2 rings (SSSR count). The van der Waals surface area contributed by atoms with Crippen molar-refractivity contribution in [3.05, 3.63) is 65.2 Å². The van der Waals surface area contributed by atoms with Gasteiger partial charge in [0.1, 0.15) is 5.60 Å². The standard InChI is InChI=1S/C21H25N3O4/c1-21(2,3)28-20(27)23-13-15-4-8-16(9-5-15)19(26)24-17-10-6-14(7-11-17)12-18(22)25/h4-11H,12-13H2,1-3H3,(H2,22,25)(H,23,27)(H,24,26). The maximum absolute atomic E-state index is 12.3. The van der Waals surface area contributed by atoms with Gasteiger partial charge in [-0.15, -0.1) is 0 Å². The van der Waals surface area contributed by atoms with E-state index in [0.717, 1.165) is 11.1 Å². The molecular formula is C21H25N3O4. The van der Waals surface area contributed by atoms with Crippen molar-refractivity contribution >= 4 is 23.6 Å². The van der Waals surface area contributed by atoms with Crippen LogP contribution in [0.25, 0.3) is 0 Å². The van der Waals surface area contributed by atoms with Crippen LogP contribution in [0.5, 0.6) is 0 Å². The number of rotatable bonds is 6. The third-order valence-electron chi connectivity index (χ3n) is 3.64. The maximum atomic E-state index is 12.3. The molecule has 0 aliphatic heterocycles. The van der Waals surface area contributed by atoms with Crippen LogP contribution in [0.2, 0.25) is 0 Å². The van der Waals surface area contributed by atoms with Crippen molar-refractivity contribution in [1.29, 1.82) is 0 Å². The molecule has 4 N–H and O–H groups in total. The second-order valence-corrected chi connectivity index (χ2v) is 7.35. The van der Waals surface area contributed by atoms with Crippen molar-refractivity contribution in [2.24, 2.45) is 5.73 Å². The summed E-state index contributed by atoms with van der Waals surface area (Å²) >= 11 is 0. The Morgan fingerprint density at radius 1 is 0.929 bits per heavy atom. The van der Waals surface area contributed by atoms with Gasteiger partial charge < -0.3 is 21.1 Å². The number of carbonyl (C=O) groups excluding carboxylic acids is 3. The van der Waals surface area contributed by atoms with Crippen molar-refractivity contribution < 1.29 is 19.1 Å². The van der Waals surface area contributed by atoms with Crippen molar-refractivity contribution in [1.82, 2.24) is 5.32 Å². The summed E-state index contributed by atoms with van der Waals surface area (Å²) < 4.78 is 5.18. The minimum Gasteiger partial charge on any atom is -0.444 e. The first-order chi connectivity index (χ1) is 13.1. The normalized spacial score (nSPS) is 10.8. The molecule has 0 aliphatic carbocycles. The van der Waals surface area contributed by atoms with Gasteiger partial charge in [0, 0.05) is 17.8 Å². The SMILES string of the molecule is CC(C)(C)OC(=O)NCc1ccc(C(=O)Nc2ccc(CC(N)=O)cc2)cc1. The molecule has 0 atom stereocenters. The highest BCUT2D eigenvalue weighted by Gasteiger charge is 2.15. The highest BCUT2D eigenvalue weighted by atomic mass is 16.6. The Labute approximate surface area is 164 Å². The molecule has 0 bridgehead atoms. The predicted molar refractivity (Wildman–Crippen MR) is 107 cm³/mol. The zero-order valence-electron chi connectivity index (χ0n) is 16.2. The van der Waals surface area contributed by atoms with Crippen LogP contribution in [-0.2, 0) is 22.5 Å². The molecule has 7 nitrogen and oxygen atoms in total. The Morgan fingerprint density at radius 2 is 1.50 bits per heavy atom. The van der Waals surface area contributed by atoms with E-state index in [-0.39, 0.29) is 12.3 Å². The van der Waals surface area contributed by atoms with E-state index in [1.54, 1.807) is 69.3 Å². The lowest BCUT2D eigenvalue weighted by atomic mass is 10.1. The molecule has 0 aromatic heterocycles. The number of carbonyl (C=O) groups is 3. The van der Waals surface area contributed by atoms with Crippen molar-refractivity contribution in [3.8, 4) is 0 Å². The number of nitrogens with one attached hydrogen (secondary N) is 2. The highest BCUT2D eigenvalue weighted by molar-refractivity contribution is 6.04. The zero-order valence-corrected chi connectivity index (χ0v) is 16.2. The molecule has 2 aromatic carbocycles. The molecule has 0 spiro atoms. The lowest BCUT2D eigenvalue weighted by molar-refractivity contribution is -0.117. The van der Waals surface area contributed by atoms with E-state index in [4.69, 9.17) is 10.5 Å². The predicted octanol–water partition coefficient (Wildman–Crippen LogP) is 2.99. The maximum Gasteiger partial charge on any atom is 0.407 e. The lowest BCUT2D eigenvalue weighted by Crippen LogP contribution is -2.32. The molecule has 28 heavy (non-hydrogen) atoms. The van der Waals surface area contributed by atoms with Crippen LogP contribution in [0.3, 0.4) is 0 Å². The molecule has 2 aromatic rings. The number of hydrogen-bond donors (Lipinski definition) is 3. The largest absolute Gasteiger partial charge is 0.444 e. The summed E-state index contributed by atoms with van der Waals surface area (Å²) in [6.07, 6.45) is -0.332. The van der Waals surface area contributed by atoms with Crippen LogP contribution in [0, 0.1) is 0 Å². The van der Waals surface area contributed by atoms with Gasteiger partial charge in [0.15, 0.2) is 0 Å². The Balaban J connectivity index is 1.89. The quantitative estimate of drug-likeness (QED) is 0.712. The van der Waals surface area contributed by atoms with Gasteiger partial charge in [-0.05, 0) is 56.2 Å².